The predicted molar refractivity (Wildman–Crippen MR) is 83.6 cm³/mol. The van der Waals surface area contributed by atoms with Crippen LogP contribution in [0.25, 0.3) is 0 Å². The van der Waals surface area contributed by atoms with Crippen molar-refractivity contribution < 1.29 is 14.2 Å². The zero-order valence-corrected chi connectivity index (χ0v) is 12.9. The minimum atomic E-state index is -0.296. The second kappa shape index (κ2) is 7.37. The van der Waals surface area contributed by atoms with Crippen molar-refractivity contribution in [3.05, 3.63) is 53.9 Å². The molecule has 3 rings (SSSR count). The first-order chi connectivity index (χ1) is 11.3. The van der Waals surface area contributed by atoms with Crippen molar-refractivity contribution >= 4 is 0 Å². The first-order valence-electron chi connectivity index (χ1n) is 7.84. The van der Waals surface area contributed by atoms with E-state index in [1.807, 2.05) is 0 Å². The minimum Gasteiger partial charge on any atom is -0.486 e. The molecule has 6 heteroatoms. The van der Waals surface area contributed by atoms with Crippen LogP contribution in [0.3, 0.4) is 0 Å². The third kappa shape index (κ3) is 3.96. The minimum absolute atomic E-state index is 0.0250. The molecule has 1 heterocycles. The lowest BCUT2D eigenvalue weighted by Crippen LogP contribution is -2.13. The molecule has 0 aliphatic heterocycles. The molecule has 1 N–H and O–H groups in total. The number of hydrogen-bond donors (Lipinski definition) is 1. The van der Waals surface area contributed by atoms with Gasteiger partial charge in [-0.2, -0.15) is 5.10 Å². The van der Waals surface area contributed by atoms with E-state index in [1.165, 1.54) is 12.1 Å². The highest BCUT2D eigenvalue weighted by molar-refractivity contribution is 5.22. The van der Waals surface area contributed by atoms with Gasteiger partial charge in [-0.05, 0) is 43.5 Å². The number of aliphatic hydroxyl groups excluding tert-OH is 1. The van der Waals surface area contributed by atoms with Gasteiger partial charge in [0.2, 0.25) is 0 Å². The summed E-state index contributed by atoms with van der Waals surface area (Å²) in [6, 6.07) is 5.86. The summed E-state index contributed by atoms with van der Waals surface area (Å²) in [6.45, 7) is 0.676. The number of nitrogens with zero attached hydrogens (tertiary/aromatic N) is 3. The van der Waals surface area contributed by atoms with Crippen molar-refractivity contribution in [1.29, 1.82) is 0 Å². The third-order valence-electron chi connectivity index (χ3n) is 3.87. The van der Waals surface area contributed by atoms with Gasteiger partial charge in [0.25, 0.3) is 0 Å². The molecule has 0 radical (unpaired) electrons. The highest BCUT2D eigenvalue weighted by Crippen LogP contribution is 2.28. The lowest BCUT2D eigenvalue weighted by Gasteiger charge is -2.17. The van der Waals surface area contributed by atoms with Crippen LogP contribution >= 0.6 is 0 Å². The SMILES string of the molecule is OCCn1nc(COc2ccc(F)cc2)nc1[C@@H]1CC=CCC1. The van der Waals surface area contributed by atoms with Crippen LogP contribution in [0.15, 0.2) is 36.4 Å². The average molecular weight is 317 g/mol. The van der Waals surface area contributed by atoms with E-state index in [-0.39, 0.29) is 19.0 Å². The Balaban J connectivity index is 1.71. The lowest BCUT2D eigenvalue weighted by atomic mass is 9.94. The van der Waals surface area contributed by atoms with Crippen molar-refractivity contribution in [2.24, 2.45) is 0 Å². The fourth-order valence-corrected chi connectivity index (χ4v) is 2.73. The van der Waals surface area contributed by atoms with Gasteiger partial charge in [-0.25, -0.2) is 14.1 Å². The van der Waals surface area contributed by atoms with E-state index in [0.717, 1.165) is 25.1 Å². The van der Waals surface area contributed by atoms with E-state index in [2.05, 4.69) is 22.2 Å². The molecule has 0 amide bonds. The Morgan fingerprint density at radius 3 is 2.78 bits per heavy atom. The molecule has 0 saturated heterocycles. The molecule has 1 aliphatic rings. The first-order valence-corrected chi connectivity index (χ1v) is 7.84. The summed E-state index contributed by atoms with van der Waals surface area (Å²) in [5, 5.41) is 13.6. The summed E-state index contributed by atoms with van der Waals surface area (Å²) in [7, 11) is 0. The molecule has 2 aromatic rings. The van der Waals surface area contributed by atoms with Crippen molar-refractivity contribution in [3.8, 4) is 5.75 Å². The summed E-state index contributed by atoms with van der Waals surface area (Å²) in [5.74, 6) is 2.09. The molecule has 122 valence electrons. The molecule has 0 bridgehead atoms. The van der Waals surface area contributed by atoms with Crippen molar-refractivity contribution in [1.82, 2.24) is 14.8 Å². The Kier molecular flexibility index (Phi) is 5.02. The van der Waals surface area contributed by atoms with Crippen LogP contribution in [0.5, 0.6) is 5.75 Å². The van der Waals surface area contributed by atoms with Crippen LogP contribution in [0, 0.1) is 5.82 Å². The fourth-order valence-electron chi connectivity index (χ4n) is 2.73. The zero-order valence-electron chi connectivity index (χ0n) is 12.9. The van der Waals surface area contributed by atoms with Crippen LogP contribution in [-0.4, -0.2) is 26.5 Å². The maximum absolute atomic E-state index is 12.9. The molecule has 1 aromatic heterocycles. The Hall–Kier alpha value is -2.21. The Morgan fingerprint density at radius 2 is 2.09 bits per heavy atom. The van der Waals surface area contributed by atoms with E-state index < -0.39 is 0 Å². The molecular formula is C17H20FN3O2. The maximum Gasteiger partial charge on any atom is 0.188 e. The second-order valence-electron chi connectivity index (χ2n) is 5.56. The fraction of sp³-hybridized carbons (Fsp3) is 0.412. The van der Waals surface area contributed by atoms with Crippen molar-refractivity contribution in [2.45, 2.75) is 38.3 Å². The van der Waals surface area contributed by atoms with E-state index in [4.69, 9.17) is 4.74 Å². The average Bonchev–Trinajstić information content (AvgIpc) is 2.99. The van der Waals surface area contributed by atoms with Crippen molar-refractivity contribution in [2.75, 3.05) is 6.61 Å². The van der Waals surface area contributed by atoms with Gasteiger partial charge in [-0.15, -0.1) is 0 Å². The number of aromatic nitrogens is 3. The summed E-state index contributed by atoms with van der Waals surface area (Å²) >= 11 is 0. The largest absolute Gasteiger partial charge is 0.486 e. The first kappa shape index (κ1) is 15.7. The third-order valence-corrected chi connectivity index (χ3v) is 3.87. The Morgan fingerprint density at radius 1 is 1.26 bits per heavy atom. The van der Waals surface area contributed by atoms with Crippen LogP contribution in [-0.2, 0) is 13.2 Å². The number of ether oxygens (including phenoxy) is 1. The number of halogens is 1. The molecule has 23 heavy (non-hydrogen) atoms. The summed E-state index contributed by atoms with van der Waals surface area (Å²) in [4.78, 5) is 4.59. The van der Waals surface area contributed by atoms with Gasteiger partial charge in [0, 0.05) is 5.92 Å². The Labute approximate surface area is 134 Å². The highest BCUT2D eigenvalue weighted by Gasteiger charge is 2.20. The molecular weight excluding hydrogens is 297 g/mol. The van der Waals surface area contributed by atoms with Crippen LogP contribution in [0.2, 0.25) is 0 Å². The zero-order chi connectivity index (χ0) is 16.1. The van der Waals surface area contributed by atoms with Gasteiger partial charge in [-0.1, -0.05) is 12.2 Å². The molecule has 0 unspecified atom stereocenters. The molecule has 1 aliphatic carbocycles. The summed E-state index contributed by atoms with van der Waals surface area (Å²) in [5.41, 5.74) is 0. The molecule has 0 fully saturated rings. The van der Waals surface area contributed by atoms with E-state index in [9.17, 15) is 9.50 Å². The van der Waals surface area contributed by atoms with Crippen LogP contribution < -0.4 is 4.74 Å². The predicted octanol–water partition coefficient (Wildman–Crippen LogP) is 2.81. The quantitative estimate of drug-likeness (QED) is 0.832. The van der Waals surface area contributed by atoms with Gasteiger partial charge < -0.3 is 9.84 Å². The van der Waals surface area contributed by atoms with Crippen LogP contribution in [0.1, 0.15) is 36.8 Å². The Bertz CT molecular complexity index is 667. The summed E-state index contributed by atoms with van der Waals surface area (Å²) < 4.78 is 20.3. The van der Waals surface area contributed by atoms with E-state index in [0.29, 0.717) is 24.0 Å². The highest BCUT2D eigenvalue weighted by atomic mass is 19.1. The van der Waals surface area contributed by atoms with E-state index in [1.54, 1.807) is 16.8 Å². The molecule has 5 nitrogen and oxygen atoms in total. The van der Waals surface area contributed by atoms with Gasteiger partial charge in [-0.3, -0.25) is 0 Å². The van der Waals surface area contributed by atoms with Crippen LogP contribution in [0.4, 0.5) is 4.39 Å². The monoisotopic (exact) mass is 317 g/mol. The molecule has 1 atom stereocenters. The number of hydrogen-bond acceptors (Lipinski definition) is 4. The smallest absolute Gasteiger partial charge is 0.188 e. The van der Waals surface area contributed by atoms with Crippen molar-refractivity contribution in [3.63, 3.8) is 0 Å². The van der Waals surface area contributed by atoms with Gasteiger partial charge >= 0.3 is 0 Å². The standard InChI is InChI=1S/C17H20FN3O2/c18-14-6-8-15(9-7-14)23-12-16-19-17(21(20-16)10-11-22)13-4-2-1-3-5-13/h1-2,6-9,13,22H,3-5,10-12H2/t13-/m1/s1. The number of allylic oxidation sites excluding steroid dienone is 2. The number of benzene rings is 1. The normalized spacial score (nSPS) is 17.4. The molecule has 1 aromatic carbocycles. The summed E-state index contributed by atoms with van der Waals surface area (Å²) in [6.07, 6.45) is 7.38. The molecule has 0 saturated carbocycles. The van der Waals surface area contributed by atoms with Gasteiger partial charge in [0.1, 0.15) is 24.0 Å². The maximum atomic E-state index is 12.9. The lowest BCUT2D eigenvalue weighted by molar-refractivity contribution is 0.262. The van der Waals surface area contributed by atoms with Gasteiger partial charge in [0.15, 0.2) is 5.82 Å². The van der Waals surface area contributed by atoms with Gasteiger partial charge in [0.05, 0.1) is 13.2 Å². The second-order valence-corrected chi connectivity index (χ2v) is 5.56. The molecule has 0 spiro atoms. The topological polar surface area (TPSA) is 60.2 Å². The number of aliphatic hydroxyl groups is 1. The number of rotatable bonds is 6. The van der Waals surface area contributed by atoms with E-state index >= 15 is 0 Å².